The molecule has 12 nitrogen and oxygen atoms in total. The number of rotatable bonds is 10. The highest BCUT2D eigenvalue weighted by atomic mass is 16.6. The number of aliphatic carboxylic acids is 1. The summed E-state index contributed by atoms with van der Waals surface area (Å²) < 4.78 is 10.1. The number of phenolic OH excluding ortho intramolecular Hbond substituents is 1. The molecule has 29 heavy (non-hydrogen) atoms. The van der Waals surface area contributed by atoms with Crippen LogP contribution < -0.4 is 26.8 Å². The molecule has 0 aliphatic rings. The number of phenols is 1. The summed E-state index contributed by atoms with van der Waals surface area (Å²) in [5, 5.41) is 23.6. The Morgan fingerprint density at radius 2 is 1.93 bits per heavy atom. The fourth-order valence-electron chi connectivity index (χ4n) is 2.01. The molecule has 0 fully saturated rings. The summed E-state index contributed by atoms with van der Waals surface area (Å²) in [6.45, 7) is 3.16. The van der Waals surface area contributed by atoms with Gasteiger partial charge in [-0.15, -0.1) is 0 Å². The molecule has 0 aliphatic carbocycles. The van der Waals surface area contributed by atoms with Crippen molar-refractivity contribution in [3.05, 3.63) is 23.8 Å². The minimum absolute atomic E-state index is 0.0740. The molecule has 0 unspecified atom stereocenters. The van der Waals surface area contributed by atoms with Crippen LogP contribution in [0.25, 0.3) is 0 Å². The quantitative estimate of drug-likeness (QED) is 0.165. The average molecular weight is 411 g/mol. The molecule has 1 rings (SSSR count). The van der Waals surface area contributed by atoms with Crippen molar-refractivity contribution in [1.29, 1.82) is 0 Å². The van der Waals surface area contributed by atoms with Crippen LogP contribution in [0.5, 0.6) is 11.5 Å². The lowest BCUT2D eigenvalue weighted by molar-refractivity contribution is -0.139. The first-order valence-electron chi connectivity index (χ1n) is 8.59. The van der Waals surface area contributed by atoms with E-state index in [-0.39, 0.29) is 36.2 Å². The van der Waals surface area contributed by atoms with E-state index in [9.17, 15) is 19.5 Å². The van der Waals surface area contributed by atoms with Crippen LogP contribution in [0.15, 0.2) is 23.2 Å². The van der Waals surface area contributed by atoms with Crippen molar-refractivity contribution in [2.45, 2.75) is 26.0 Å². The summed E-state index contributed by atoms with van der Waals surface area (Å²) in [6, 6.07) is 2.55. The van der Waals surface area contributed by atoms with Gasteiger partial charge >= 0.3 is 12.1 Å². The number of aromatic hydroxyl groups is 1. The van der Waals surface area contributed by atoms with Gasteiger partial charge in [0.1, 0.15) is 24.1 Å². The Bertz CT molecular complexity index is 763. The molecule has 0 aliphatic heterocycles. The first-order valence-corrected chi connectivity index (χ1v) is 8.59. The lowest BCUT2D eigenvalue weighted by atomic mass is 10.1. The number of benzene rings is 1. The molecule has 1 aromatic carbocycles. The van der Waals surface area contributed by atoms with Crippen LogP contribution in [0.3, 0.4) is 0 Å². The van der Waals surface area contributed by atoms with Gasteiger partial charge in [-0.05, 0) is 26.0 Å². The van der Waals surface area contributed by atoms with Gasteiger partial charge in [0.25, 0.3) is 5.91 Å². The van der Waals surface area contributed by atoms with Gasteiger partial charge in [-0.1, -0.05) is 0 Å². The first-order chi connectivity index (χ1) is 13.6. The number of nitrogens with one attached hydrogen (secondary N) is 2. The van der Waals surface area contributed by atoms with Crippen molar-refractivity contribution >= 4 is 23.9 Å². The van der Waals surface area contributed by atoms with Gasteiger partial charge < -0.3 is 41.8 Å². The van der Waals surface area contributed by atoms with Gasteiger partial charge in [0.15, 0.2) is 5.96 Å². The van der Waals surface area contributed by atoms with Crippen molar-refractivity contribution in [2.24, 2.45) is 16.5 Å². The van der Waals surface area contributed by atoms with Crippen LogP contribution in [0.1, 0.15) is 24.2 Å². The molecule has 1 atom stereocenters. The number of nitrogens with two attached hydrogens (primary N) is 2. The van der Waals surface area contributed by atoms with Gasteiger partial charge in [-0.25, -0.2) is 9.59 Å². The van der Waals surface area contributed by atoms with Crippen molar-refractivity contribution in [2.75, 3.05) is 19.7 Å². The Labute approximate surface area is 166 Å². The van der Waals surface area contributed by atoms with Crippen molar-refractivity contribution in [3.63, 3.8) is 0 Å². The number of hydrogen-bond donors (Lipinski definition) is 6. The zero-order chi connectivity index (χ0) is 22.0. The third-order valence-corrected chi connectivity index (χ3v) is 3.27. The summed E-state index contributed by atoms with van der Waals surface area (Å²) in [6.07, 6.45) is -1.36. The van der Waals surface area contributed by atoms with Gasteiger partial charge in [0.05, 0.1) is 18.2 Å². The monoisotopic (exact) mass is 411 g/mol. The van der Waals surface area contributed by atoms with E-state index < -0.39 is 36.7 Å². The van der Waals surface area contributed by atoms with E-state index in [4.69, 9.17) is 26.0 Å². The molecule has 0 saturated carbocycles. The number of carbonyl (C=O) groups is 3. The Morgan fingerprint density at radius 1 is 1.24 bits per heavy atom. The fourth-order valence-corrected chi connectivity index (χ4v) is 2.01. The van der Waals surface area contributed by atoms with E-state index in [0.29, 0.717) is 0 Å². The van der Waals surface area contributed by atoms with E-state index in [1.165, 1.54) is 18.2 Å². The van der Waals surface area contributed by atoms with E-state index in [1.807, 2.05) is 0 Å². The Morgan fingerprint density at radius 3 is 2.48 bits per heavy atom. The van der Waals surface area contributed by atoms with Crippen LogP contribution in [-0.4, -0.2) is 66.0 Å². The predicted molar refractivity (Wildman–Crippen MR) is 103 cm³/mol. The highest BCUT2D eigenvalue weighted by molar-refractivity contribution is 5.97. The highest BCUT2D eigenvalue weighted by Gasteiger charge is 2.23. The molecular weight excluding hydrogens is 386 g/mol. The van der Waals surface area contributed by atoms with E-state index in [2.05, 4.69) is 15.6 Å². The number of hydrogen-bond acceptors (Lipinski definition) is 7. The molecule has 1 aromatic rings. The summed E-state index contributed by atoms with van der Waals surface area (Å²) >= 11 is 0. The van der Waals surface area contributed by atoms with Crippen LogP contribution in [0.2, 0.25) is 0 Å². The maximum Gasteiger partial charge on any atom is 0.408 e. The highest BCUT2D eigenvalue weighted by Crippen LogP contribution is 2.23. The standard InChI is InChI=1S/C17H25N5O7/c1-9(2)29-17(27)22-12(15(25)26)8-21-14(24)11-4-3-10(7-13(11)23)28-6-5-20-16(18)19/h3-4,7,9,12,23H,5-6,8H2,1-2H3,(H,21,24)(H,22,27)(H,25,26)(H4,18,19,20)/t12-/m0/s1. The normalized spacial score (nSPS) is 11.3. The van der Waals surface area contributed by atoms with E-state index in [0.717, 1.165) is 0 Å². The molecule has 160 valence electrons. The number of ether oxygens (including phenoxy) is 2. The number of guanidine groups is 1. The average Bonchev–Trinajstić information content (AvgIpc) is 2.61. The lowest BCUT2D eigenvalue weighted by Gasteiger charge is -2.17. The molecule has 12 heteroatoms. The largest absolute Gasteiger partial charge is 0.507 e. The Hall–Kier alpha value is -3.70. The topological polar surface area (TPSA) is 199 Å². The summed E-state index contributed by atoms with van der Waals surface area (Å²) in [5.74, 6) is -2.26. The second-order valence-electron chi connectivity index (χ2n) is 6.03. The fraction of sp³-hybridized carbons (Fsp3) is 0.412. The minimum Gasteiger partial charge on any atom is -0.507 e. The number of carbonyl (C=O) groups excluding carboxylic acids is 2. The second kappa shape index (κ2) is 11.2. The molecule has 0 spiro atoms. The van der Waals surface area contributed by atoms with Crippen LogP contribution in [0.4, 0.5) is 4.79 Å². The second-order valence-corrected chi connectivity index (χ2v) is 6.03. The number of amides is 2. The van der Waals surface area contributed by atoms with E-state index in [1.54, 1.807) is 13.8 Å². The van der Waals surface area contributed by atoms with Crippen molar-refractivity contribution in [1.82, 2.24) is 10.6 Å². The zero-order valence-corrected chi connectivity index (χ0v) is 16.0. The van der Waals surface area contributed by atoms with Gasteiger partial charge in [-0.3, -0.25) is 9.79 Å². The molecule has 0 radical (unpaired) electrons. The van der Waals surface area contributed by atoms with Gasteiger partial charge in [0, 0.05) is 12.6 Å². The maximum absolute atomic E-state index is 12.2. The molecule has 2 amide bonds. The summed E-state index contributed by atoms with van der Waals surface area (Å²) in [7, 11) is 0. The first kappa shape index (κ1) is 23.3. The third-order valence-electron chi connectivity index (χ3n) is 3.27. The number of carboxylic acids is 1. The minimum atomic E-state index is -1.41. The van der Waals surface area contributed by atoms with Gasteiger partial charge in [-0.2, -0.15) is 0 Å². The number of nitrogens with zero attached hydrogens (tertiary/aromatic N) is 1. The molecule has 8 N–H and O–H groups in total. The molecule has 0 bridgehead atoms. The lowest BCUT2D eigenvalue weighted by Crippen LogP contribution is -2.48. The predicted octanol–water partition coefficient (Wildman–Crippen LogP) is -0.638. The molecule has 0 heterocycles. The molecule has 0 saturated heterocycles. The SMILES string of the molecule is CC(C)OC(=O)N[C@@H](CNC(=O)c1ccc(OCCN=C(N)N)cc1O)C(=O)O. The third kappa shape index (κ3) is 8.69. The molecule has 0 aromatic heterocycles. The van der Waals surface area contributed by atoms with Crippen molar-refractivity contribution in [3.8, 4) is 11.5 Å². The van der Waals surface area contributed by atoms with E-state index >= 15 is 0 Å². The summed E-state index contributed by atoms with van der Waals surface area (Å²) in [4.78, 5) is 38.7. The zero-order valence-electron chi connectivity index (χ0n) is 16.0. The maximum atomic E-state index is 12.2. The molecular formula is C17H25N5O7. The Kier molecular flexibility index (Phi) is 9.02. The van der Waals surface area contributed by atoms with Crippen molar-refractivity contribution < 1.29 is 34.1 Å². The number of alkyl carbamates (subject to hydrolysis) is 1. The number of carboxylic acid groups (broad SMARTS) is 1. The van der Waals surface area contributed by atoms with Crippen LogP contribution in [-0.2, 0) is 9.53 Å². The smallest absolute Gasteiger partial charge is 0.408 e. The van der Waals surface area contributed by atoms with Crippen LogP contribution in [0, 0.1) is 0 Å². The van der Waals surface area contributed by atoms with Gasteiger partial charge in [0.2, 0.25) is 0 Å². The summed E-state index contributed by atoms with van der Waals surface area (Å²) in [5.41, 5.74) is 10.3. The number of aliphatic imine (C=N–C) groups is 1. The Balaban J connectivity index is 2.64. The van der Waals surface area contributed by atoms with Crippen LogP contribution >= 0.6 is 0 Å².